The summed E-state index contributed by atoms with van der Waals surface area (Å²) >= 11 is 0. The van der Waals surface area contributed by atoms with E-state index in [1.54, 1.807) is 0 Å². The van der Waals surface area contributed by atoms with Crippen molar-refractivity contribution in [2.24, 2.45) is 10.9 Å². The Hall–Kier alpha value is -3.02. The van der Waals surface area contributed by atoms with Crippen molar-refractivity contribution >= 4 is 23.2 Å². The molecule has 1 atom stereocenters. The van der Waals surface area contributed by atoms with Crippen LogP contribution in [0.15, 0.2) is 59.6 Å². The van der Waals surface area contributed by atoms with E-state index < -0.39 is 0 Å². The topological polar surface area (TPSA) is 60.0 Å². The zero-order valence-electron chi connectivity index (χ0n) is 17.7. The predicted molar refractivity (Wildman–Crippen MR) is 123 cm³/mol. The van der Waals surface area contributed by atoms with Crippen LogP contribution in [0.25, 0.3) is 0 Å². The lowest BCUT2D eigenvalue weighted by molar-refractivity contribution is -0.117. The predicted octanol–water partition coefficient (Wildman–Crippen LogP) is 3.00. The van der Waals surface area contributed by atoms with E-state index in [0.29, 0.717) is 18.9 Å². The number of carbonyl (C=O) groups is 1. The van der Waals surface area contributed by atoms with E-state index in [4.69, 9.17) is 0 Å². The van der Waals surface area contributed by atoms with Gasteiger partial charge in [0.05, 0.1) is 0 Å². The summed E-state index contributed by atoms with van der Waals surface area (Å²) in [6.45, 7) is 4.63. The van der Waals surface area contributed by atoms with Crippen LogP contribution in [0.1, 0.15) is 24.8 Å². The van der Waals surface area contributed by atoms with Crippen LogP contribution in [0, 0.1) is 5.92 Å². The van der Waals surface area contributed by atoms with Crippen LogP contribution >= 0.6 is 0 Å². The van der Waals surface area contributed by atoms with Gasteiger partial charge in [-0.15, -0.1) is 0 Å². The molecular weight excluding hydrogens is 374 g/mol. The maximum atomic E-state index is 11.9. The summed E-state index contributed by atoms with van der Waals surface area (Å²) in [6, 6.07) is 18.9. The van der Waals surface area contributed by atoms with E-state index in [1.807, 2.05) is 24.1 Å². The number of guanidine groups is 1. The molecule has 2 aliphatic rings. The number of nitrogens with zero attached hydrogens (tertiary/aromatic N) is 3. The number of carbonyl (C=O) groups excluding carboxylic acids is 1. The molecule has 6 nitrogen and oxygen atoms in total. The fourth-order valence-corrected chi connectivity index (χ4v) is 4.23. The van der Waals surface area contributed by atoms with Crippen molar-refractivity contribution < 1.29 is 4.79 Å². The number of hydrogen-bond donors (Lipinski definition) is 2. The third-order valence-corrected chi connectivity index (χ3v) is 5.97. The van der Waals surface area contributed by atoms with Gasteiger partial charge < -0.3 is 20.4 Å². The molecule has 2 heterocycles. The van der Waals surface area contributed by atoms with Crippen molar-refractivity contribution in [3.05, 3.63) is 60.2 Å². The van der Waals surface area contributed by atoms with E-state index >= 15 is 0 Å². The van der Waals surface area contributed by atoms with Crippen molar-refractivity contribution in [2.75, 3.05) is 43.0 Å². The molecule has 0 saturated carbocycles. The van der Waals surface area contributed by atoms with Gasteiger partial charge >= 0.3 is 0 Å². The molecule has 2 aromatic rings. The molecular formula is C24H31N5O. The van der Waals surface area contributed by atoms with Crippen LogP contribution in [0.4, 0.5) is 11.4 Å². The molecule has 6 heteroatoms. The van der Waals surface area contributed by atoms with Crippen molar-refractivity contribution in [1.82, 2.24) is 10.6 Å². The maximum Gasteiger partial charge on any atom is 0.227 e. The molecule has 2 aromatic carbocycles. The van der Waals surface area contributed by atoms with E-state index in [1.165, 1.54) is 17.7 Å². The fraction of sp³-hybridized carbons (Fsp3) is 0.417. The lowest BCUT2D eigenvalue weighted by Crippen LogP contribution is -2.39. The zero-order valence-corrected chi connectivity index (χ0v) is 17.7. The van der Waals surface area contributed by atoms with Gasteiger partial charge in [-0.2, -0.15) is 0 Å². The van der Waals surface area contributed by atoms with Gasteiger partial charge in [-0.25, -0.2) is 0 Å². The molecule has 1 unspecified atom stereocenters. The van der Waals surface area contributed by atoms with E-state index in [2.05, 4.69) is 63.0 Å². The van der Waals surface area contributed by atoms with Crippen LogP contribution in [0.2, 0.25) is 0 Å². The maximum absolute atomic E-state index is 11.9. The molecule has 0 aliphatic carbocycles. The van der Waals surface area contributed by atoms with Gasteiger partial charge in [0, 0.05) is 57.6 Å². The minimum absolute atomic E-state index is 0.225. The van der Waals surface area contributed by atoms with Gasteiger partial charge in [-0.1, -0.05) is 30.3 Å². The first kappa shape index (κ1) is 20.3. The molecule has 158 valence electrons. The monoisotopic (exact) mass is 405 g/mol. The third kappa shape index (κ3) is 4.93. The summed E-state index contributed by atoms with van der Waals surface area (Å²) in [4.78, 5) is 20.6. The Labute approximate surface area is 179 Å². The average Bonchev–Trinajstić information content (AvgIpc) is 3.44. The molecule has 1 amide bonds. The molecule has 2 aliphatic heterocycles. The number of hydrogen-bond acceptors (Lipinski definition) is 3. The van der Waals surface area contributed by atoms with Crippen LogP contribution in [0.5, 0.6) is 0 Å². The van der Waals surface area contributed by atoms with Crippen LogP contribution in [-0.2, 0) is 11.3 Å². The van der Waals surface area contributed by atoms with Crippen molar-refractivity contribution in [3.8, 4) is 0 Å². The second kappa shape index (κ2) is 9.65. The smallest absolute Gasteiger partial charge is 0.227 e. The summed E-state index contributed by atoms with van der Waals surface area (Å²) in [6.07, 6.45) is 2.80. The average molecular weight is 406 g/mol. The summed E-state index contributed by atoms with van der Waals surface area (Å²) < 4.78 is 0. The van der Waals surface area contributed by atoms with Gasteiger partial charge in [0.2, 0.25) is 5.91 Å². The number of anilines is 2. The molecule has 0 spiro atoms. The second-order valence-electron chi connectivity index (χ2n) is 8.06. The summed E-state index contributed by atoms with van der Waals surface area (Å²) in [5.41, 5.74) is 3.47. The first-order valence-electron chi connectivity index (χ1n) is 10.9. The Balaban J connectivity index is 1.22. The second-order valence-corrected chi connectivity index (χ2v) is 8.06. The molecule has 0 aromatic heterocycles. The van der Waals surface area contributed by atoms with Gasteiger partial charge in [0.25, 0.3) is 0 Å². The molecule has 2 saturated heterocycles. The molecule has 30 heavy (non-hydrogen) atoms. The Morgan fingerprint density at radius 1 is 1.03 bits per heavy atom. The molecule has 2 N–H and O–H groups in total. The summed E-state index contributed by atoms with van der Waals surface area (Å²) in [5.74, 6) is 1.66. The van der Waals surface area contributed by atoms with E-state index in [0.717, 1.165) is 44.2 Å². The van der Waals surface area contributed by atoms with Gasteiger partial charge in [0.15, 0.2) is 5.96 Å². The number of rotatable bonds is 6. The van der Waals surface area contributed by atoms with Crippen LogP contribution in [-0.4, -0.2) is 45.1 Å². The minimum Gasteiger partial charge on any atom is -0.371 e. The standard InChI is InChI=1S/C24H31N5O/c1-25-24(27-17-20-13-15-28(18-20)21-6-3-2-4-7-21)26-16-19-9-11-22(12-10-19)29-14-5-8-23(29)30/h2-4,6-7,9-12,20H,5,8,13-18H2,1H3,(H2,25,26,27). The van der Waals surface area contributed by atoms with Gasteiger partial charge in [-0.3, -0.25) is 9.79 Å². The number of nitrogens with one attached hydrogen (secondary N) is 2. The lowest BCUT2D eigenvalue weighted by atomic mass is 10.1. The highest BCUT2D eigenvalue weighted by molar-refractivity contribution is 5.95. The van der Waals surface area contributed by atoms with Gasteiger partial charge in [-0.05, 0) is 48.6 Å². The van der Waals surface area contributed by atoms with Gasteiger partial charge in [0.1, 0.15) is 0 Å². The highest BCUT2D eigenvalue weighted by atomic mass is 16.2. The van der Waals surface area contributed by atoms with E-state index in [9.17, 15) is 4.79 Å². The fourth-order valence-electron chi connectivity index (χ4n) is 4.23. The minimum atomic E-state index is 0.225. The van der Waals surface area contributed by atoms with E-state index in [-0.39, 0.29) is 5.91 Å². The van der Waals surface area contributed by atoms with Crippen molar-refractivity contribution in [3.63, 3.8) is 0 Å². The SMILES string of the molecule is CN=C(NCc1ccc(N2CCCC2=O)cc1)NCC1CCN(c2ccccc2)C1. The van der Waals surface area contributed by atoms with Crippen LogP contribution in [0.3, 0.4) is 0 Å². The normalized spacial score (nSPS) is 19.4. The number of aliphatic imine (C=N–C) groups is 1. The Kier molecular flexibility index (Phi) is 6.52. The first-order chi connectivity index (χ1) is 14.7. The number of amides is 1. The van der Waals surface area contributed by atoms with Crippen molar-refractivity contribution in [1.29, 1.82) is 0 Å². The quantitative estimate of drug-likeness (QED) is 0.573. The van der Waals surface area contributed by atoms with Crippen molar-refractivity contribution in [2.45, 2.75) is 25.8 Å². The Bertz CT molecular complexity index is 865. The third-order valence-electron chi connectivity index (χ3n) is 5.97. The first-order valence-corrected chi connectivity index (χ1v) is 10.9. The molecule has 0 radical (unpaired) electrons. The Morgan fingerprint density at radius 2 is 1.83 bits per heavy atom. The highest BCUT2D eigenvalue weighted by Crippen LogP contribution is 2.23. The number of para-hydroxylation sites is 1. The molecule has 2 fully saturated rings. The molecule has 4 rings (SSSR count). The number of benzene rings is 2. The highest BCUT2D eigenvalue weighted by Gasteiger charge is 2.23. The van der Waals surface area contributed by atoms with Crippen LogP contribution < -0.4 is 20.4 Å². The summed E-state index contributed by atoms with van der Waals surface area (Å²) in [5, 5.41) is 6.87. The molecule has 0 bridgehead atoms. The zero-order chi connectivity index (χ0) is 20.8. The Morgan fingerprint density at radius 3 is 2.53 bits per heavy atom. The largest absolute Gasteiger partial charge is 0.371 e. The summed E-state index contributed by atoms with van der Waals surface area (Å²) in [7, 11) is 1.81. The lowest BCUT2D eigenvalue weighted by Gasteiger charge is -2.19.